The van der Waals surface area contributed by atoms with E-state index in [2.05, 4.69) is 4.98 Å². The lowest BCUT2D eigenvalue weighted by Gasteiger charge is -2.23. The van der Waals surface area contributed by atoms with Crippen molar-refractivity contribution in [3.05, 3.63) is 107 Å². The summed E-state index contributed by atoms with van der Waals surface area (Å²) in [5, 5.41) is 13.2. The average Bonchev–Trinajstić information content (AvgIpc) is 3.35. The SMILES string of the molecule is Cc1ccc(C2/C(=C(/O)c3ccc4ccccc4c3)C(=O)C(=O)N2Cc2ccncc2)o1. The highest BCUT2D eigenvalue weighted by molar-refractivity contribution is 6.46. The number of rotatable bonds is 4. The van der Waals surface area contributed by atoms with Gasteiger partial charge in [-0.2, -0.15) is 0 Å². The summed E-state index contributed by atoms with van der Waals surface area (Å²) in [6, 6.07) is 19.4. The summed E-state index contributed by atoms with van der Waals surface area (Å²) in [5.74, 6) is -0.546. The maximum Gasteiger partial charge on any atom is 0.296 e. The topological polar surface area (TPSA) is 83.6 Å². The van der Waals surface area contributed by atoms with Crippen LogP contribution < -0.4 is 0 Å². The maximum atomic E-state index is 13.1. The molecule has 2 aromatic heterocycles. The number of carbonyl (C=O) groups excluding carboxylic acids is 2. The fourth-order valence-corrected chi connectivity index (χ4v) is 4.12. The summed E-state index contributed by atoms with van der Waals surface area (Å²) in [5.41, 5.74) is 1.31. The Bertz CT molecular complexity index is 1370. The van der Waals surface area contributed by atoms with E-state index < -0.39 is 17.7 Å². The quantitative estimate of drug-likeness (QED) is 0.290. The fraction of sp³-hybridized carbons (Fsp3) is 0.115. The molecule has 3 heterocycles. The molecule has 1 aliphatic heterocycles. The van der Waals surface area contributed by atoms with Gasteiger partial charge >= 0.3 is 0 Å². The first-order valence-corrected chi connectivity index (χ1v) is 10.3. The third-order valence-electron chi connectivity index (χ3n) is 5.70. The number of hydrogen-bond donors (Lipinski definition) is 1. The Labute approximate surface area is 184 Å². The monoisotopic (exact) mass is 424 g/mol. The number of nitrogens with zero attached hydrogens (tertiary/aromatic N) is 2. The first-order chi connectivity index (χ1) is 15.5. The number of benzene rings is 2. The molecule has 1 N–H and O–H groups in total. The molecule has 0 saturated carbocycles. The van der Waals surface area contributed by atoms with E-state index in [9.17, 15) is 14.7 Å². The van der Waals surface area contributed by atoms with E-state index in [0.29, 0.717) is 17.1 Å². The molecular weight excluding hydrogens is 404 g/mol. The molecule has 6 heteroatoms. The van der Waals surface area contributed by atoms with E-state index in [0.717, 1.165) is 16.3 Å². The molecule has 4 aromatic rings. The lowest BCUT2D eigenvalue weighted by atomic mass is 9.97. The molecule has 0 spiro atoms. The number of amides is 1. The van der Waals surface area contributed by atoms with E-state index in [1.54, 1.807) is 49.6 Å². The number of hydrogen-bond acceptors (Lipinski definition) is 5. The number of aliphatic hydroxyl groups excluding tert-OH is 1. The van der Waals surface area contributed by atoms with Crippen LogP contribution in [0.5, 0.6) is 0 Å². The van der Waals surface area contributed by atoms with Crippen LogP contribution in [0.15, 0.2) is 89.1 Å². The summed E-state index contributed by atoms with van der Waals surface area (Å²) in [7, 11) is 0. The molecule has 1 unspecified atom stereocenters. The van der Waals surface area contributed by atoms with Gasteiger partial charge in [0.15, 0.2) is 0 Å². The highest BCUT2D eigenvalue weighted by atomic mass is 16.3. The first-order valence-electron chi connectivity index (χ1n) is 10.3. The number of aromatic nitrogens is 1. The van der Waals surface area contributed by atoms with Crippen molar-refractivity contribution in [2.45, 2.75) is 19.5 Å². The van der Waals surface area contributed by atoms with Crippen LogP contribution >= 0.6 is 0 Å². The highest BCUT2D eigenvalue weighted by Crippen LogP contribution is 2.41. The molecule has 1 fully saturated rings. The number of fused-ring (bicyclic) bond motifs is 1. The Morgan fingerprint density at radius 3 is 2.47 bits per heavy atom. The molecule has 6 nitrogen and oxygen atoms in total. The van der Waals surface area contributed by atoms with Crippen molar-refractivity contribution in [1.82, 2.24) is 9.88 Å². The number of carbonyl (C=O) groups is 2. The van der Waals surface area contributed by atoms with Crippen molar-refractivity contribution in [3.8, 4) is 0 Å². The van der Waals surface area contributed by atoms with Gasteiger partial charge in [-0.1, -0.05) is 36.4 Å². The predicted octanol–water partition coefficient (Wildman–Crippen LogP) is 4.76. The fourth-order valence-electron chi connectivity index (χ4n) is 4.12. The molecule has 1 amide bonds. The number of ketones is 1. The van der Waals surface area contributed by atoms with Gasteiger partial charge in [-0.25, -0.2) is 0 Å². The van der Waals surface area contributed by atoms with Crippen molar-refractivity contribution in [1.29, 1.82) is 0 Å². The van der Waals surface area contributed by atoms with Crippen molar-refractivity contribution in [3.63, 3.8) is 0 Å². The molecule has 0 radical (unpaired) electrons. The van der Waals surface area contributed by atoms with Gasteiger partial charge in [0.2, 0.25) is 0 Å². The summed E-state index contributed by atoms with van der Waals surface area (Å²) in [4.78, 5) is 31.6. The average molecular weight is 424 g/mol. The van der Waals surface area contributed by atoms with Gasteiger partial charge in [0.1, 0.15) is 23.3 Å². The first kappa shape index (κ1) is 19.8. The molecular formula is C26H20N2O4. The van der Waals surface area contributed by atoms with Gasteiger partial charge in [0.05, 0.1) is 5.57 Å². The molecule has 0 bridgehead atoms. The van der Waals surface area contributed by atoms with Gasteiger partial charge in [0, 0.05) is 24.5 Å². The van der Waals surface area contributed by atoms with E-state index in [1.807, 2.05) is 36.4 Å². The largest absolute Gasteiger partial charge is 0.507 e. The van der Waals surface area contributed by atoms with Gasteiger partial charge in [-0.15, -0.1) is 0 Å². The number of Topliss-reactive ketones (excluding diaryl/α,β-unsaturated/α-hetero) is 1. The predicted molar refractivity (Wildman–Crippen MR) is 119 cm³/mol. The van der Waals surface area contributed by atoms with Crippen molar-refractivity contribution < 1.29 is 19.1 Å². The van der Waals surface area contributed by atoms with Gasteiger partial charge < -0.3 is 14.4 Å². The Morgan fingerprint density at radius 1 is 1.00 bits per heavy atom. The Hall–Kier alpha value is -4.19. The maximum absolute atomic E-state index is 13.1. The van der Waals surface area contributed by atoms with Gasteiger partial charge in [0.25, 0.3) is 11.7 Å². The zero-order valence-electron chi connectivity index (χ0n) is 17.4. The molecule has 32 heavy (non-hydrogen) atoms. The van der Waals surface area contributed by atoms with Crippen LogP contribution in [0.3, 0.4) is 0 Å². The Kier molecular flexibility index (Phi) is 4.82. The molecule has 1 aliphatic rings. The number of aliphatic hydroxyl groups is 1. The van der Waals surface area contributed by atoms with Crippen molar-refractivity contribution in [2.24, 2.45) is 0 Å². The second-order valence-corrected chi connectivity index (χ2v) is 7.79. The van der Waals surface area contributed by atoms with Crippen LogP contribution in [0, 0.1) is 6.92 Å². The smallest absolute Gasteiger partial charge is 0.296 e. The standard InChI is InChI=1S/C26H20N2O4/c1-16-6-9-21(32-16)23-22(24(29)20-8-7-18-4-2-3-5-19(18)14-20)25(30)26(31)28(23)15-17-10-12-27-13-11-17/h2-14,23,29H,15H2,1H3/b24-22-. The minimum Gasteiger partial charge on any atom is -0.507 e. The van der Waals surface area contributed by atoms with Gasteiger partial charge in [-0.3, -0.25) is 14.6 Å². The van der Waals surface area contributed by atoms with Crippen LogP contribution in [0.2, 0.25) is 0 Å². The van der Waals surface area contributed by atoms with E-state index in [-0.39, 0.29) is 17.9 Å². The van der Waals surface area contributed by atoms with Crippen molar-refractivity contribution >= 4 is 28.2 Å². The molecule has 158 valence electrons. The second-order valence-electron chi connectivity index (χ2n) is 7.79. The third kappa shape index (κ3) is 3.36. The zero-order valence-corrected chi connectivity index (χ0v) is 17.4. The van der Waals surface area contributed by atoms with Crippen LogP contribution in [0.4, 0.5) is 0 Å². The summed E-state index contributed by atoms with van der Waals surface area (Å²) >= 11 is 0. The number of furan rings is 1. The van der Waals surface area contributed by atoms with Crippen LogP contribution in [0.1, 0.15) is 28.7 Å². The molecule has 0 aliphatic carbocycles. The molecule has 1 atom stereocenters. The Morgan fingerprint density at radius 2 is 1.75 bits per heavy atom. The number of pyridine rings is 1. The molecule has 1 saturated heterocycles. The number of likely N-dealkylation sites (tertiary alicyclic amines) is 1. The van der Waals surface area contributed by atoms with E-state index >= 15 is 0 Å². The lowest BCUT2D eigenvalue weighted by Crippen LogP contribution is -2.29. The van der Waals surface area contributed by atoms with Crippen molar-refractivity contribution in [2.75, 3.05) is 0 Å². The van der Waals surface area contributed by atoms with Gasteiger partial charge in [-0.05, 0) is 53.6 Å². The summed E-state index contributed by atoms with van der Waals surface area (Å²) in [6.07, 6.45) is 3.26. The van der Waals surface area contributed by atoms with E-state index in [1.165, 1.54) is 4.90 Å². The van der Waals surface area contributed by atoms with E-state index in [4.69, 9.17) is 4.42 Å². The number of aryl methyl sites for hydroxylation is 1. The lowest BCUT2D eigenvalue weighted by molar-refractivity contribution is -0.140. The minimum absolute atomic E-state index is 0.0219. The van der Waals surface area contributed by atoms with Crippen LogP contribution in [-0.2, 0) is 16.1 Å². The highest BCUT2D eigenvalue weighted by Gasteiger charge is 2.47. The minimum atomic E-state index is -0.830. The Balaban J connectivity index is 1.65. The third-order valence-corrected chi connectivity index (χ3v) is 5.70. The molecule has 2 aromatic carbocycles. The van der Waals surface area contributed by atoms with Crippen LogP contribution in [0.25, 0.3) is 16.5 Å². The summed E-state index contributed by atoms with van der Waals surface area (Å²) < 4.78 is 5.81. The zero-order chi connectivity index (χ0) is 22.2. The van der Waals surface area contributed by atoms with Crippen LogP contribution in [-0.4, -0.2) is 26.7 Å². The molecule has 5 rings (SSSR count). The normalized spacial score (nSPS) is 17.9. The summed E-state index contributed by atoms with van der Waals surface area (Å²) in [6.45, 7) is 1.98. The second kappa shape index (κ2) is 7.81.